The van der Waals surface area contributed by atoms with Crippen molar-refractivity contribution in [2.24, 2.45) is 0 Å². The summed E-state index contributed by atoms with van der Waals surface area (Å²) in [6.07, 6.45) is 0.322. The van der Waals surface area contributed by atoms with Crippen molar-refractivity contribution in [2.45, 2.75) is 13.3 Å². The first-order chi connectivity index (χ1) is 13.0. The van der Waals surface area contributed by atoms with Crippen LogP contribution in [-0.2, 0) is 11.2 Å². The quantitative estimate of drug-likeness (QED) is 0.831. The van der Waals surface area contributed by atoms with Gasteiger partial charge in [0.15, 0.2) is 0 Å². The molecule has 1 heterocycles. The van der Waals surface area contributed by atoms with Gasteiger partial charge in [0, 0.05) is 31.7 Å². The van der Waals surface area contributed by atoms with E-state index in [1.54, 1.807) is 23.0 Å². The number of hydrogen-bond acceptors (Lipinski definition) is 3. The normalized spacial score (nSPS) is 14.2. The van der Waals surface area contributed by atoms with Crippen LogP contribution in [0.15, 0.2) is 42.5 Å². The van der Waals surface area contributed by atoms with Crippen molar-refractivity contribution >= 4 is 11.8 Å². The summed E-state index contributed by atoms with van der Waals surface area (Å²) in [6, 6.07) is 11.4. The van der Waals surface area contributed by atoms with Crippen LogP contribution in [0.2, 0.25) is 0 Å². The Hall–Kier alpha value is -2.89. The minimum absolute atomic E-state index is 0.0393. The molecule has 0 aliphatic carbocycles. The van der Waals surface area contributed by atoms with Gasteiger partial charge >= 0.3 is 0 Å². The van der Waals surface area contributed by atoms with E-state index in [0.29, 0.717) is 38.2 Å². The third kappa shape index (κ3) is 4.45. The zero-order valence-corrected chi connectivity index (χ0v) is 15.6. The smallest absolute Gasteiger partial charge is 0.254 e. The molecule has 0 saturated carbocycles. The predicted molar refractivity (Wildman–Crippen MR) is 100 cm³/mol. The highest BCUT2D eigenvalue weighted by Crippen LogP contribution is 2.19. The highest BCUT2D eigenvalue weighted by atomic mass is 19.1. The molecule has 1 aliphatic heterocycles. The van der Waals surface area contributed by atoms with Gasteiger partial charge in [-0.25, -0.2) is 4.39 Å². The molecular formula is C21H23FN2O3. The van der Waals surface area contributed by atoms with Gasteiger partial charge in [0.05, 0.1) is 13.5 Å². The van der Waals surface area contributed by atoms with Crippen LogP contribution in [0.1, 0.15) is 21.5 Å². The number of hydrogen-bond donors (Lipinski definition) is 0. The van der Waals surface area contributed by atoms with Crippen LogP contribution >= 0.6 is 0 Å². The van der Waals surface area contributed by atoms with E-state index in [1.807, 2.05) is 25.1 Å². The maximum atomic E-state index is 13.3. The van der Waals surface area contributed by atoms with E-state index < -0.39 is 5.82 Å². The molecular weight excluding hydrogens is 347 g/mol. The first-order valence-corrected chi connectivity index (χ1v) is 8.94. The van der Waals surface area contributed by atoms with Crippen LogP contribution in [0.5, 0.6) is 5.75 Å². The summed E-state index contributed by atoms with van der Waals surface area (Å²) >= 11 is 0. The molecule has 0 spiro atoms. The first kappa shape index (κ1) is 18.9. The number of ether oxygens (including phenoxy) is 1. The number of carbonyl (C=O) groups is 2. The average Bonchev–Trinajstić information content (AvgIpc) is 2.67. The number of piperazine rings is 1. The van der Waals surface area contributed by atoms with Gasteiger partial charge in [0.25, 0.3) is 5.91 Å². The van der Waals surface area contributed by atoms with Crippen LogP contribution in [0.25, 0.3) is 0 Å². The molecule has 1 saturated heterocycles. The van der Waals surface area contributed by atoms with Gasteiger partial charge in [-0.05, 0) is 42.3 Å². The van der Waals surface area contributed by atoms with Gasteiger partial charge < -0.3 is 14.5 Å². The lowest BCUT2D eigenvalue weighted by molar-refractivity contribution is -0.131. The number of aryl methyl sites for hydroxylation is 1. The Balaban J connectivity index is 1.56. The van der Waals surface area contributed by atoms with Gasteiger partial charge in [-0.15, -0.1) is 0 Å². The van der Waals surface area contributed by atoms with E-state index in [9.17, 15) is 14.0 Å². The Bertz CT molecular complexity index is 845. The summed E-state index contributed by atoms with van der Waals surface area (Å²) < 4.78 is 18.6. The molecule has 1 aliphatic rings. The van der Waals surface area contributed by atoms with Gasteiger partial charge in [-0.3, -0.25) is 9.59 Å². The van der Waals surface area contributed by atoms with Crippen molar-refractivity contribution in [3.63, 3.8) is 0 Å². The molecule has 0 N–H and O–H groups in total. The number of halogens is 1. The molecule has 0 aromatic heterocycles. The fourth-order valence-corrected chi connectivity index (χ4v) is 3.30. The molecule has 2 aromatic carbocycles. The summed E-state index contributed by atoms with van der Waals surface area (Å²) in [7, 11) is 1.62. The third-order valence-electron chi connectivity index (χ3n) is 4.81. The summed E-state index contributed by atoms with van der Waals surface area (Å²) in [5.74, 6) is 0.213. The van der Waals surface area contributed by atoms with Gasteiger partial charge in [0.1, 0.15) is 11.6 Å². The number of methoxy groups -OCH3 is 1. The fourth-order valence-electron chi connectivity index (χ4n) is 3.30. The van der Waals surface area contributed by atoms with Gasteiger partial charge in [-0.2, -0.15) is 0 Å². The number of nitrogens with zero attached hydrogens (tertiary/aromatic N) is 2. The zero-order valence-electron chi connectivity index (χ0n) is 15.6. The average molecular weight is 370 g/mol. The molecule has 3 rings (SSSR count). The maximum Gasteiger partial charge on any atom is 0.254 e. The molecule has 0 unspecified atom stereocenters. The summed E-state index contributed by atoms with van der Waals surface area (Å²) in [5.41, 5.74) is 2.27. The van der Waals surface area contributed by atoms with Crippen LogP contribution < -0.4 is 4.74 Å². The minimum atomic E-state index is -0.426. The Morgan fingerprint density at radius 1 is 1.04 bits per heavy atom. The van der Waals surface area contributed by atoms with Crippen LogP contribution in [0.3, 0.4) is 0 Å². The third-order valence-corrected chi connectivity index (χ3v) is 4.81. The topological polar surface area (TPSA) is 49.9 Å². The highest BCUT2D eigenvalue weighted by molar-refractivity contribution is 5.94. The molecule has 142 valence electrons. The van der Waals surface area contributed by atoms with Crippen molar-refractivity contribution in [3.05, 3.63) is 65.0 Å². The first-order valence-electron chi connectivity index (χ1n) is 8.94. The molecule has 0 atom stereocenters. The number of amides is 2. The largest absolute Gasteiger partial charge is 0.496 e. The predicted octanol–water partition coefficient (Wildman–Crippen LogP) is 2.67. The van der Waals surface area contributed by atoms with E-state index in [-0.39, 0.29) is 11.8 Å². The monoisotopic (exact) mass is 370 g/mol. The standard InChI is InChI=1S/C21H23FN2O3/c1-15-12-16(6-7-19(15)27-2)13-20(25)23-8-10-24(11-9-23)21(26)17-4-3-5-18(22)14-17/h3-7,12,14H,8-11,13H2,1-2H3. The zero-order chi connectivity index (χ0) is 19.4. The Labute approximate surface area is 158 Å². The summed E-state index contributed by atoms with van der Waals surface area (Å²) in [5, 5.41) is 0. The molecule has 5 nitrogen and oxygen atoms in total. The van der Waals surface area contributed by atoms with Crippen LogP contribution in [0, 0.1) is 12.7 Å². The lowest BCUT2D eigenvalue weighted by atomic mass is 10.1. The van der Waals surface area contributed by atoms with Crippen LogP contribution in [-0.4, -0.2) is 54.9 Å². The van der Waals surface area contributed by atoms with Crippen molar-refractivity contribution < 1.29 is 18.7 Å². The SMILES string of the molecule is COc1ccc(CC(=O)N2CCN(C(=O)c3cccc(F)c3)CC2)cc1C. The Morgan fingerprint density at radius 3 is 2.37 bits per heavy atom. The second kappa shape index (κ2) is 8.20. The molecule has 0 radical (unpaired) electrons. The summed E-state index contributed by atoms with van der Waals surface area (Å²) in [4.78, 5) is 28.5. The Kier molecular flexibility index (Phi) is 5.74. The second-order valence-corrected chi connectivity index (χ2v) is 6.66. The molecule has 0 bridgehead atoms. The van der Waals surface area contributed by atoms with Gasteiger partial charge in [-0.1, -0.05) is 18.2 Å². The lowest BCUT2D eigenvalue weighted by Gasteiger charge is -2.35. The second-order valence-electron chi connectivity index (χ2n) is 6.66. The summed E-state index contributed by atoms with van der Waals surface area (Å²) in [6.45, 7) is 3.80. The molecule has 1 fully saturated rings. The van der Waals surface area contributed by atoms with E-state index in [2.05, 4.69) is 0 Å². The number of benzene rings is 2. The van der Waals surface area contributed by atoms with E-state index in [4.69, 9.17) is 4.74 Å². The van der Waals surface area contributed by atoms with E-state index >= 15 is 0 Å². The number of rotatable bonds is 4. The maximum absolute atomic E-state index is 13.3. The van der Waals surface area contributed by atoms with Crippen molar-refractivity contribution in [1.82, 2.24) is 9.80 Å². The lowest BCUT2D eigenvalue weighted by Crippen LogP contribution is -2.51. The van der Waals surface area contributed by atoms with Crippen LogP contribution in [0.4, 0.5) is 4.39 Å². The molecule has 2 amide bonds. The molecule has 27 heavy (non-hydrogen) atoms. The Morgan fingerprint density at radius 2 is 1.74 bits per heavy atom. The van der Waals surface area contributed by atoms with E-state index in [1.165, 1.54) is 18.2 Å². The van der Waals surface area contributed by atoms with Crippen molar-refractivity contribution in [3.8, 4) is 5.75 Å². The fraction of sp³-hybridized carbons (Fsp3) is 0.333. The minimum Gasteiger partial charge on any atom is -0.496 e. The number of carbonyl (C=O) groups excluding carboxylic acids is 2. The van der Waals surface area contributed by atoms with Crippen molar-refractivity contribution in [1.29, 1.82) is 0 Å². The highest BCUT2D eigenvalue weighted by Gasteiger charge is 2.25. The molecule has 6 heteroatoms. The van der Waals surface area contributed by atoms with E-state index in [0.717, 1.165) is 16.9 Å². The molecule has 2 aromatic rings. The van der Waals surface area contributed by atoms with Gasteiger partial charge in [0.2, 0.25) is 5.91 Å². The van der Waals surface area contributed by atoms with Crippen molar-refractivity contribution in [2.75, 3.05) is 33.3 Å².